The third kappa shape index (κ3) is 2.58. The van der Waals surface area contributed by atoms with Gasteiger partial charge in [0.05, 0.1) is 20.6 Å². The quantitative estimate of drug-likeness (QED) is 0.768. The summed E-state index contributed by atoms with van der Waals surface area (Å²) in [5.74, 6) is 1.57. The SMILES string of the molecule is COc1ccc(CC2CC(=O)OC2C)cc1OC. The molecule has 0 N–H and O–H groups in total. The van der Waals surface area contributed by atoms with Crippen molar-refractivity contribution < 1.29 is 19.0 Å². The van der Waals surface area contributed by atoms with Gasteiger partial charge in [-0.3, -0.25) is 4.79 Å². The van der Waals surface area contributed by atoms with Crippen LogP contribution in [-0.4, -0.2) is 26.3 Å². The molecule has 4 nitrogen and oxygen atoms in total. The summed E-state index contributed by atoms with van der Waals surface area (Å²) in [6.07, 6.45) is 1.30. The molecule has 1 saturated heterocycles. The highest BCUT2D eigenvalue weighted by Crippen LogP contribution is 2.31. The second-order valence-electron chi connectivity index (χ2n) is 4.55. The monoisotopic (exact) mass is 250 g/mol. The fourth-order valence-corrected chi connectivity index (χ4v) is 2.28. The Morgan fingerprint density at radius 1 is 1.28 bits per heavy atom. The Kier molecular flexibility index (Phi) is 3.75. The van der Waals surface area contributed by atoms with Gasteiger partial charge in [0.2, 0.25) is 0 Å². The van der Waals surface area contributed by atoms with E-state index in [1.807, 2.05) is 25.1 Å². The number of methoxy groups -OCH3 is 2. The normalized spacial score (nSPS) is 22.7. The fraction of sp³-hybridized carbons (Fsp3) is 0.500. The zero-order valence-electron chi connectivity index (χ0n) is 10.9. The predicted octanol–water partition coefficient (Wildman–Crippen LogP) is 2.20. The number of rotatable bonds is 4. The maximum absolute atomic E-state index is 11.2. The van der Waals surface area contributed by atoms with Crippen LogP contribution < -0.4 is 9.47 Å². The van der Waals surface area contributed by atoms with Crippen LogP contribution in [0.2, 0.25) is 0 Å². The summed E-state index contributed by atoms with van der Waals surface area (Å²) in [7, 11) is 3.23. The van der Waals surface area contributed by atoms with Crippen LogP contribution >= 0.6 is 0 Å². The third-order valence-corrected chi connectivity index (χ3v) is 3.36. The van der Waals surface area contributed by atoms with E-state index in [0.717, 1.165) is 12.0 Å². The van der Waals surface area contributed by atoms with E-state index in [9.17, 15) is 4.79 Å². The molecule has 1 heterocycles. The van der Waals surface area contributed by atoms with E-state index in [4.69, 9.17) is 14.2 Å². The van der Waals surface area contributed by atoms with Crippen molar-refractivity contribution in [1.82, 2.24) is 0 Å². The van der Waals surface area contributed by atoms with Crippen LogP contribution in [0.4, 0.5) is 0 Å². The highest BCUT2D eigenvalue weighted by atomic mass is 16.5. The molecule has 4 heteroatoms. The first-order valence-corrected chi connectivity index (χ1v) is 6.04. The molecule has 2 atom stereocenters. The lowest BCUT2D eigenvalue weighted by Gasteiger charge is -2.14. The molecular weight excluding hydrogens is 232 g/mol. The van der Waals surface area contributed by atoms with Gasteiger partial charge in [-0.05, 0) is 31.0 Å². The van der Waals surface area contributed by atoms with E-state index in [1.165, 1.54) is 0 Å². The average molecular weight is 250 g/mol. The van der Waals surface area contributed by atoms with Gasteiger partial charge in [-0.2, -0.15) is 0 Å². The topological polar surface area (TPSA) is 44.8 Å². The molecule has 1 aromatic carbocycles. The minimum absolute atomic E-state index is 0.00871. The highest BCUT2D eigenvalue weighted by Gasteiger charge is 2.31. The van der Waals surface area contributed by atoms with Gasteiger partial charge in [0.25, 0.3) is 0 Å². The van der Waals surface area contributed by atoms with E-state index in [-0.39, 0.29) is 18.0 Å². The smallest absolute Gasteiger partial charge is 0.306 e. The van der Waals surface area contributed by atoms with Crippen LogP contribution in [0, 0.1) is 5.92 Å². The van der Waals surface area contributed by atoms with Crippen LogP contribution in [0.5, 0.6) is 11.5 Å². The van der Waals surface area contributed by atoms with Gasteiger partial charge in [-0.15, -0.1) is 0 Å². The van der Waals surface area contributed by atoms with E-state index in [0.29, 0.717) is 17.9 Å². The Bertz CT molecular complexity index is 441. The van der Waals surface area contributed by atoms with Gasteiger partial charge < -0.3 is 14.2 Å². The Hall–Kier alpha value is -1.71. The zero-order chi connectivity index (χ0) is 13.1. The van der Waals surface area contributed by atoms with Crippen LogP contribution in [0.25, 0.3) is 0 Å². The van der Waals surface area contributed by atoms with Crippen LogP contribution in [-0.2, 0) is 16.0 Å². The fourth-order valence-electron chi connectivity index (χ4n) is 2.28. The molecule has 2 unspecified atom stereocenters. The summed E-state index contributed by atoms with van der Waals surface area (Å²) >= 11 is 0. The summed E-state index contributed by atoms with van der Waals surface area (Å²) in [6, 6.07) is 5.84. The van der Waals surface area contributed by atoms with Crippen molar-refractivity contribution in [1.29, 1.82) is 0 Å². The number of esters is 1. The first kappa shape index (κ1) is 12.7. The summed E-state index contributed by atoms with van der Waals surface area (Å²) in [6.45, 7) is 1.94. The number of ether oxygens (including phenoxy) is 3. The van der Waals surface area contributed by atoms with Gasteiger partial charge in [0.1, 0.15) is 6.10 Å². The highest BCUT2D eigenvalue weighted by molar-refractivity contribution is 5.72. The first-order valence-electron chi connectivity index (χ1n) is 6.04. The lowest BCUT2D eigenvalue weighted by Crippen LogP contribution is -2.13. The Balaban J connectivity index is 2.12. The maximum atomic E-state index is 11.2. The van der Waals surface area contributed by atoms with E-state index < -0.39 is 0 Å². The van der Waals surface area contributed by atoms with E-state index in [2.05, 4.69) is 0 Å². The summed E-state index contributed by atoms with van der Waals surface area (Å²) in [5.41, 5.74) is 1.13. The molecule has 0 aromatic heterocycles. The number of carbonyl (C=O) groups is 1. The molecule has 1 aliphatic rings. The molecule has 1 fully saturated rings. The van der Waals surface area contributed by atoms with Crippen molar-refractivity contribution in [2.75, 3.05) is 14.2 Å². The summed E-state index contributed by atoms with van der Waals surface area (Å²) < 4.78 is 15.6. The summed E-state index contributed by atoms with van der Waals surface area (Å²) in [4.78, 5) is 11.2. The van der Waals surface area contributed by atoms with Crippen molar-refractivity contribution in [2.45, 2.75) is 25.9 Å². The van der Waals surface area contributed by atoms with E-state index >= 15 is 0 Å². The standard InChI is InChI=1S/C14H18O4/c1-9-11(8-14(15)18-9)6-10-4-5-12(16-2)13(7-10)17-3/h4-5,7,9,11H,6,8H2,1-3H3. The average Bonchev–Trinajstić information content (AvgIpc) is 2.67. The van der Waals surface area contributed by atoms with Crippen molar-refractivity contribution in [3.05, 3.63) is 23.8 Å². The van der Waals surface area contributed by atoms with Crippen LogP contribution in [0.15, 0.2) is 18.2 Å². The molecule has 0 spiro atoms. The van der Waals surface area contributed by atoms with Crippen molar-refractivity contribution in [3.63, 3.8) is 0 Å². The lowest BCUT2D eigenvalue weighted by molar-refractivity contribution is -0.140. The molecule has 0 saturated carbocycles. The van der Waals surface area contributed by atoms with Gasteiger partial charge in [-0.25, -0.2) is 0 Å². The lowest BCUT2D eigenvalue weighted by atomic mass is 9.94. The second-order valence-corrected chi connectivity index (χ2v) is 4.55. The number of carbonyl (C=O) groups excluding carboxylic acids is 1. The molecule has 0 amide bonds. The van der Waals surface area contributed by atoms with Gasteiger partial charge in [0.15, 0.2) is 11.5 Å². The molecule has 98 valence electrons. The number of hydrogen-bond acceptors (Lipinski definition) is 4. The Morgan fingerprint density at radius 3 is 2.56 bits per heavy atom. The molecule has 0 aliphatic carbocycles. The third-order valence-electron chi connectivity index (χ3n) is 3.36. The molecule has 2 rings (SSSR count). The molecule has 1 aliphatic heterocycles. The number of cyclic esters (lactones) is 1. The molecule has 0 radical (unpaired) electrons. The van der Waals surface area contributed by atoms with Crippen molar-refractivity contribution in [2.24, 2.45) is 5.92 Å². The largest absolute Gasteiger partial charge is 0.493 e. The summed E-state index contributed by atoms with van der Waals surface area (Å²) in [5, 5.41) is 0. The van der Waals surface area contributed by atoms with Crippen LogP contribution in [0.1, 0.15) is 18.9 Å². The van der Waals surface area contributed by atoms with Gasteiger partial charge in [-0.1, -0.05) is 6.07 Å². The van der Waals surface area contributed by atoms with Gasteiger partial charge in [0, 0.05) is 5.92 Å². The second kappa shape index (κ2) is 5.29. The number of hydrogen-bond donors (Lipinski definition) is 0. The predicted molar refractivity (Wildman–Crippen MR) is 66.9 cm³/mol. The zero-order valence-corrected chi connectivity index (χ0v) is 10.9. The van der Waals surface area contributed by atoms with Gasteiger partial charge >= 0.3 is 5.97 Å². The van der Waals surface area contributed by atoms with Crippen molar-refractivity contribution in [3.8, 4) is 11.5 Å². The Labute approximate surface area is 107 Å². The minimum Gasteiger partial charge on any atom is -0.493 e. The maximum Gasteiger partial charge on any atom is 0.306 e. The van der Waals surface area contributed by atoms with Crippen LogP contribution in [0.3, 0.4) is 0 Å². The minimum atomic E-state index is -0.104. The van der Waals surface area contributed by atoms with Crippen molar-refractivity contribution >= 4 is 5.97 Å². The molecule has 18 heavy (non-hydrogen) atoms. The van der Waals surface area contributed by atoms with E-state index in [1.54, 1.807) is 14.2 Å². The first-order chi connectivity index (χ1) is 8.63. The molecule has 0 bridgehead atoms. The molecular formula is C14H18O4. The molecule has 1 aromatic rings. The Morgan fingerprint density at radius 2 is 2.00 bits per heavy atom. The number of benzene rings is 1.